The molecule has 0 radical (unpaired) electrons. The van der Waals surface area contributed by atoms with Gasteiger partial charge < -0.3 is 0 Å². The molecule has 0 aliphatic carbocycles. The minimum Gasteiger partial charge on any atom is -0.199 e. The number of hydrogen-bond donors (Lipinski definition) is 0. The Balaban J connectivity index is 1.94. The summed E-state index contributed by atoms with van der Waals surface area (Å²) in [5.74, 6) is 0.666. The predicted octanol–water partition coefficient (Wildman–Crippen LogP) is 4.79. The van der Waals surface area contributed by atoms with E-state index in [0.717, 1.165) is 16.9 Å². The van der Waals surface area contributed by atoms with Crippen molar-refractivity contribution in [1.29, 1.82) is 0 Å². The first-order valence-electron chi connectivity index (χ1n) is 8.39. The molecular formula is C21H21NO2S2. The van der Waals surface area contributed by atoms with Crippen molar-refractivity contribution in [3.63, 3.8) is 0 Å². The molecule has 3 nitrogen and oxygen atoms in total. The molecule has 134 valence electrons. The number of hydrogen-bond acceptors (Lipinski definition) is 2. The average molecular weight is 384 g/mol. The second-order valence-electron chi connectivity index (χ2n) is 5.98. The molecule has 0 fully saturated rings. The molecule has 0 saturated carbocycles. The van der Waals surface area contributed by atoms with E-state index < -0.39 is 20.7 Å². The predicted molar refractivity (Wildman–Crippen MR) is 108 cm³/mol. The van der Waals surface area contributed by atoms with Crippen LogP contribution in [0.15, 0.2) is 98.5 Å². The summed E-state index contributed by atoms with van der Waals surface area (Å²) in [6.45, 7) is 1.93. The molecule has 5 heteroatoms. The molecular weight excluding hydrogens is 362 g/mol. The van der Waals surface area contributed by atoms with Crippen molar-refractivity contribution in [1.82, 2.24) is 0 Å². The van der Waals surface area contributed by atoms with Crippen molar-refractivity contribution in [3.05, 3.63) is 96.1 Å². The Kier molecular flexibility index (Phi) is 6.01. The summed E-state index contributed by atoms with van der Waals surface area (Å²) in [4.78, 5) is 1.19. The third kappa shape index (κ3) is 4.90. The molecule has 0 N–H and O–H groups in total. The topological polar surface area (TPSA) is 46.5 Å². The zero-order valence-electron chi connectivity index (χ0n) is 14.6. The zero-order valence-corrected chi connectivity index (χ0v) is 16.2. The first-order chi connectivity index (χ1) is 12.5. The van der Waals surface area contributed by atoms with Gasteiger partial charge in [-0.2, -0.15) is 8.42 Å². The Morgan fingerprint density at radius 3 is 2.00 bits per heavy atom. The normalized spacial score (nSPS) is 12.8. The van der Waals surface area contributed by atoms with Crippen LogP contribution in [0.3, 0.4) is 0 Å². The summed E-state index contributed by atoms with van der Waals surface area (Å²) in [7, 11) is -4.42. The second-order valence-corrected chi connectivity index (χ2v) is 9.61. The minimum absolute atomic E-state index is 0.247. The van der Waals surface area contributed by atoms with Crippen molar-refractivity contribution < 1.29 is 8.42 Å². The van der Waals surface area contributed by atoms with Gasteiger partial charge in [-0.1, -0.05) is 76.9 Å². The summed E-state index contributed by atoms with van der Waals surface area (Å²) in [5.41, 5.74) is 2.21. The van der Waals surface area contributed by atoms with E-state index in [0.29, 0.717) is 5.75 Å². The first kappa shape index (κ1) is 18.5. The van der Waals surface area contributed by atoms with E-state index in [4.69, 9.17) is 0 Å². The highest BCUT2D eigenvalue weighted by molar-refractivity contribution is 8.00. The fourth-order valence-corrected chi connectivity index (χ4v) is 6.06. The highest BCUT2D eigenvalue weighted by Gasteiger charge is 2.15. The lowest BCUT2D eigenvalue weighted by atomic mass is 10.2. The van der Waals surface area contributed by atoms with Crippen LogP contribution < -0.4 is 0 Å². The van der Waals surface area contributed by atoms with Gasteiger partial charge in [0.1, 0.15) is 0 Å². The van der Waals surface area contributed by atoms with Crippen LogP contribution in [0.4, 0.5) is 0 Å². The van der Waals surface area contributed by atoms with E-state index >= 15 is 0 Å². The third-order valence-corrected chi connectivity index (χ3v) is 7.73. The molecule has 3 aromatic rings. The minimum atomic E-state index is -3.69. The third-order valence-electron chi connectivity index (χ3n) is 3.95. The Bertz CT molecular complexity index is 981. The van der Waals surface area contributed by atoms with Gasteiger partial charge in [0, 0.05) is 10.6 Å². The highest BCUT2D eigenvalue weighted by Crippen LogP contribution is 2.19. The van der Waals surface area contributed by atoms with Gasteiger partial charge in [-0.25, -0.2) is 0 Å². The van der Waals surface area contributed by atoms with E-state index in [1.54, 1.807) is 24.3 Å². The standard InChI is InChI=1S/C21H21NO2S2/c1-18-12-14-21(15-13-18)26(23,24)22-25(20-10-6-3-7-11-20)17-16-19-8-4-2-5-9-19/h2-15H,16-17H2,1H3. The van der Waals surface area contributed by atoms with E-state index in [-0.39, 0.29) is 4.90 Å². The summed E-state index contributed by atoms with van der Waals surface area (Å²) in [6.07, 6.45) is 0.783. The first-order valence-corrected chi connectivity index (χ1v) is 11.2. The number of rotatable bonds is 6. The number of aryl methyl sites for hydroxylation is 2. The Hall–Kier alpha value is -2.24. The maximum Gasteiger partial charge on any atom is 0.288 e. The van der Waals surface area contributed by atoms with Crippen LogP contribution in [0.25, 0.3) is 0 Å². The van der Waals surface area contributed by atoms with Crippen LogP contribution in [0.5, 0.6) is 0 Å². The van der Waals surface area contributed by atoms with E-state index in [2.05, 4.69) is 15.9 Å². The Labute approximate surface area is 157 Å². The zero-order chi connectivity index (χ0) is 18.4. The van der Waals surface area contributed by atoms with Gasteiger partial charge in [-0.3, -0.25) is 0 Å². The summed E-state index contributed by atoms with van der Waals surface area (Å²) in [5, 5.41) is 0. The average Bonchev–Trinajstić information content (AvgIpc) is 2.67. The largest absolute Gasteiger partial charge is 0.288 e. The van der Waals surface area contributed by atoms with Crippen molar-refractivity contribution in [2.24, 2.45) is 3.77 Å². The molecule has 0 spiro atoms. The van der Waals surface area contributed by atoms with Gasteiger partial charge in [0.25, 0.3) is 10.0 Å². The number of benzene rings is 3. The maximum atomic E-state index is 12.8. The van der Waals surface area contributed by atoms with Gasteiger partial charge in [0.2, 0.25) is 0 Å². The van der Waals surface area contributed by atoms with Crippen LogP contribution in [-0.4, -0.2) is 14.2 Å². The van der Waals surface area contributed by atoms with Crippen LogP contribution >= 0.6 is 0 Å². The molecule has 0 heterocycles. The lowest BCUT2D eigenvalue weighted by molar-refractivity contribution is 0.598. The van der Waals surface area contributed by atoms with Crippen LogP contribution in [0, 0.1) is 6.92 Å². The lowest BCUT2D eigenvalue weighted by Crippen LogP contribution is -2.06. The summed E-state index contributed by atoms with van der Waals surface area (Å²) < 4.78 is 29.9. The van der Waals surface area contributed by atoms with E-state index in [1.165, 1.54) is 5.56 Å². The maximum absolute atomic E-state index is 12.8. The van der Waals surface area contributed by atoms with Crippen molar-refractivity contribution in [2.45, 2.75) is 23.1 Å². The van der Waals surface area contributed by atoms with Gasteiger partial charge in [0.05, 0.1) is 4.90 Å². The molecule has 0 aliphatic rings. The van der Waals surface area contributed by atoms with E-state index in [9.17, 15) is 8.42 Å². The molecule has 1 atom stereocenters. The number of sulfonamides is 1. The van der Waals surface area contributed by atoms with Gasteiger partial charge in [-0.05, 0) is 43.2 Å². The highest BCUT2D eigenvalue weighted by atomic mass is 32.3. The molecule has 0 aromatic heterocycles. The van der Waals surface area contributed by atoms with Crippen molar-refractivity contribution in [2.75, 3.05) is 5.75 Å². The smallest absolute Gasteiger partial charge is 0.199 e. The molecule has 0 saturated heterocycles. The molecule has 0 aliphatic heterocycles. The summed E-state index contributed by atoms with van der Waals surface area (Å²) in [6, 6.07) is 26.6. The molecule has 26 heavy (non-hydrogen) atoms. The van der Waals surface area contributed by atoms with Gasteiger partial charge in [-0.15, -0.1) is 3.77 Å². The van der Waals surface area contributed by atoms with E-state index in [1.807, 2.05) is 55.5 Å². The SMILES string of the molecule is Cc1ccc(S(=O)(=O)/N=S(/CCc2ccccc2)c2ccccc2)cc1. The Morgan fingerprint density at radius 2 is 1.38 bits per heavy atom. The second kappa shape index (κ2) is 8.43. The summed E-state index contributed by atoms with van der Waals surface area (Å²) >= 11 is 0. The molecule has 0 bridgehead atoms. The van der Waals surface area contributed by atoms with Crippen LogP contribution in [0.1, 0.15) is 11.1 Å². The van der Waals surface area contributed by atoms with Crippen molar-refractivity contribution >= 4 is 20.7 Å². The molecule has 3 rings (SSSR count). The molecule has 1 unspecified atom stereocenters. The fourth-order valence-electron chi connectivity index (χ4n) is 2.51. The molecule has 3 aromatic carbocycles. The van der Waals surface area contributed by atoms with Gasteiger partial charge >= 0.3 is 0 Å². The van der Waals surface area contributed by atoms with Crippen molar-refractivity contribution in [3.8, 4) is 0 Å². The monoisotopic (exact) mass is 383 g/mol. The lowest BCUT2D eigenvalue weighted by Gasteiger charge is -2.09. The molecule has 0 amide bonds. The van der Waals surface area contributed by atoms with Gasteiger partial charge in [0.15, 0.2) is 0 Å². The quantitative estimate of drug-likeness (QED) is 0.614. The Morgan fingerprint density at radius 1 is 0.808 bits per heavy atom. The fraction of sp³-hybridized carbons (Fsp3) is 0.143. The number of nitrogens with zero attached hydrogens (tertiary/aromatic N) is 1. The van der Waals surface area contributed by atoms with Crippen LogP contribution in [0.2, 0.25) is 0 Å². The van der Waals surface area contributed by atoms with Crippen LogP contribution in [-0.2, 0) is 27.1 Å².